The molecule has 0 heterocycles. The van der Waals surface area contributed by atoms with Crippen LogP contribution in [0.25, 0.3) is 0 Å². The van der Waals surface area contributed by atoms with Crippen LogP contribution in [-0.4, -0.2) is 78.7 Å². The Kier molecular flexibility index (Phi) is 40.1. The van der Waals surface area contributed by atoms with Gasteiger partial charge in [0.15, 0.2) is 20.0 Å². The fraction of sp³-hybridized carbons (Fsp3) is 0.880. The van der Waals surface area contributed by atoms with Crippen LogP contribution in [0, 0.1) is 0 Å². The molecule has 0 spiro atoms. The van der Waals surface area contributed by atoms with Gasteiger partial charge in [0.2, 0.25) is 0 Å². The summed E-state index contributed by atoms with van der Waals surface area (Å²) >= 11 is 0. The number of hydrogen-bond donors (Lipinski definition) is 2. The highest BCUT2D eigenvalue weighted by atomic mass is 31.2. The lowest BCUT2D eigenvalue weighted by Crippen LogP contribution is -2.50. The molecule has 0 aromatic heterocycles. The van der Waals surface area contributed by atoms with E-state index in [0.29, 0.717) is 12.8 Å². The molecule has 10 nitrogen and oxygen atoms in total. The van der Waals surface area contributed by atoms with Gasteiger partial charge in [0, 0.05) is 19.3 Å². The fourth-order valence-electron chi connectivity index (χ4n) is 7.32. The van der Waals surface area contributed by atoms with E-state index in [2.05, 4.69) is 38.2 Å². The lowest BCUT2D eigenvalue weighted by Gasteiger charge is -2.42. The van der Waals surface area contributed by atoms with Gasteiger partial charge in [-0.05, 0) is 71.1 Å². The largest absolute Gasteiger partial charge is 0.774 e. The van der Waals surface area contributed by atoms with E-state index in [1.54, 1.807) is 14.1 Å². The number of nitrogens with zero attached hydrogens (tertiary/aromatic N) is 1. The van der Waals surface area contributed by atoms with Crippen molar-refractivity contribution in [2.45, 2.75) is 251 Å². The molecule has 0 rings (SSSR count). The van der Waals surface area contributed by atoms with Gasteiger partial charge >= 0.3 is 11.9 Å². The first-order valence-electron chi connectivity index (χ1n) is 25.1. The van der Waals surface area contributed by atoms with Crippen LogP contribution in [0.1, 0.15) is 233 Å². The minimum atomic E-state index is -4.49. The van der Waals surface area contributed by atoms with Crippen molar-refractivity contribution in [2.24, 2.45) is 0 Å². The molecule has 2 N–H and O–H groups in total. The summed E-state index contributed by atoms with van der Waals surface area (Å²) in [4.78, 5) is 38.7. The Morgan fingerprint density at radius 2 is 0.934 bits per heavy atom. The van der Waals surface area contributed by atoms with Gasteiger partial charge in [-0.25, -0.2) is 0 Å². The average Bonchev–Trinajstić information content (AvgIpc) is 3.23. The zero-order chi connectivity index (χ0) is 45.3. The molecule has 0 saturated heterocycles. The third-order valence-electron chi connectivity index (χ3n) is 11.9. The Bertz CT molecular complexity index is 1130. The Morgan fingerprint density at radius 1 is 0.574 bits per heavy atom. The molecule has 0 saturated carbocycles. The molecule has 2 unspecified atom stereocenters. The summed E-state index contributed by atoms with van der Waals surface area (Å²) in [6, 6.07) is 0. The number of aliphatic hydroxyl groups is 2. The van der Waals surface area contributed by atoms with Gasteiger partial charge in [0.25, 0.3) is 0 Å². The molecule has 11 heteroatoms. The summed E-state index contributed by atoms with van der Waals surface area (Å²) in [6.07, 6.45) is 42.8. The van der Waals surface area contributed by atoms with Gasteiger partial charge in [-0.1, -0.05) is 167 Å². The summed E-state index contributed by atoms with van der Waals surface area (Å²) < 4.78 is 29.6. The molecular weight excluding hydrogens is 790 g/mol. The lowest BCUT2D eigenvalue weighted by molar-refractivity contribution is -0.902. The van der Waals surface area contributed by atoms with Crippen LogP contribution in [-0.2, 0) is 28.2 Å². The Hall–Kier alpha value is -1.55. The molecule has 0 fully saturated rings. The van der Waals surface area contributed by atoms with Crippen LogP contribution in [0.4, 0.5) is 0 Å². The van der Waals surface area contributed by atoms with E-state index in [4.69, 9.17) is 14.0 Å². The highest BCUT2D eigenvalue weighted by Gasteiger charge is 2.35. The summed E-state index contributed by atoms with van der Waals surface area (Å²) in [5, 5.41) is 18.6. The van der Waals surface area contributed by atoms with Crippen molar-refractivity contribution in [1.82, 2.24) is 0 Å². The Morgan fingerprint density at radius 3 is 1.33 bits per heavy atom. The zero-order valence-corrected chi connectivity index (χ0v) is 41.0. The highest BCUT2D eigenvalue weighted by Crippen LogP contribution is 2.46. The number of unbranched alkanes of at least 4 members (excludes halogenated alkanes) is 26. The van der Waals surface area contributed by atoms with Gasteiger partial charge in [-0.3, -0.25) is 9.59 Å². The van der Waals surface area contributed by atoms with E-state index in [1.165, 1.54) is 129 Å². The van der Waals surface area contributed by atoms with E-state index in [0.717, 1.165) is 57.8 Å². The molecule has 61 heavy (non-hydrogen) atoms. The second-order valence-corrected chi connectivity index (χ2v) is 20.2. The summed E-state index contributed by atoms with van der Waals surface area (Å²) in [6.45, 7) is 5.45. The van der Waals surface area contributed by atoms with Crippen LogP contribution in [0.5, 0.6) is 0 Å². The molecule has 0 amide bonds. The lowest BCUT2D eigenvalue weighted by atomic mass is 10.1. The number of allylic oxidation sites excluding steroid dienone is 4. The molecule has 0 aliphatic rings. The van der Waals surface area contributed by atoms with E-state index >= 15 is 0 Å². The van der Waals surface area contributed by atoms with E-state index < -0.39 is 44.3 Å². The highest BCUT2D eigenvalue weighted by molar-refractivity contribution is 7.51. The quantitative estimate of drug-likeness (QED) is 0.0153. The zero-order valence-electron chi connectivity index (χ0n) is 40.1. The maximum Gasteiger partial charge on any atom is 0.306 e. The standard InChI is InChI=1S/C50H96NO9P/c1-6-8-10-12-14-16-18-20-22-23-24-25-27-28-30-32-34-36-38-40-49(54)58-44-47(45-59-61(56,57)46(3)51(4,5)43-42-48(52)53)60-50(55)41-39-37-35-33-31-29-26-21-19-17-15-13-11-9-7-2/h20-22,26,46-48,52-53H,6-19,23-25,27-45H2,1-5H3/b22-20-,26-21-/t46?,47-/m1/s1. The Labute approximate surface area is 375 Å². The van der Waals surface area contributed by atoms with Crippen molar-refractivity contribution in [3.05, 3.63) is 24.3 Å². The van der Waals surface area contributed by atoms with Crippen LogP contribution in [0.2, 0.25) is 0 Å². The third kappa shape index (κ3) is 38.6. The minimum absolute atomic E-state index is 0.00155. The first kappa shape index (κ1) is 59.5. The van der Waals surface area contributed by atoms with Crippen molar-refractivity contribution >= 4 is 19.5 Å². The number of esters is 2. The number of rotatable bonds is 45. The van der Waals surface area contributed by atoms with Gasteiger partial charge in [-0.15, -0.1) is 0 Å². The average molecular weight is 886 g/mol. The number of hydrogen-bond acceptors (Lipinski definition) is 9. The van der Waals surface area contributed by atoms with Gasteiger partial charge in [-0.2, -0.15) is 0 Å². The van der Waals surface area contributed by atoms with Crippen LogP contribution in [0.3, 0.4) is 0 Å². The molecular formula is C50H96NO9P. The predicted octanol–water partition coefficient (Wildman–Crippen LogP) is 12.8. The molecule has 0 aliphatic heterocycles. The van der Waals surface area contributed by atoms with Crippen LogP contribution < -0.4 is 4.89 Å². The number of carbonyl (C=O) groups is 2. The maximum atomic E-state index is 13.2. The second-order valence-electron chi connectivity index (χ2n) is 18.1. The van der Waals surface area contributed by atoms with Gasteiger partial charge in [0.05, 0.1) is 27.2 Å². The van der Waals surface area contributed by atoms with Crippen LogP contribution in [0.15, 0.2) is 24.3 Å². The molecule has 360 valence electrons. The van der Waals surface area contributed by atoms with Crippen molar-refractivity contribution < 1.29 is 47.7 Å². The maximum absolute atomic E-state index is 13.2. The predicted molar refractivity (Wildman–Crippen MR) is 251 cm³/mol. The van der Waals surface area contributed by atoms with Crippen molar-refractivity contribution in [3.63, 3.8) is 0 Å². The number of aliphatic hydroxyl groups excluding tert-OH is 1. The summed E-state index contributed by atoms with van der Waals surface area (Å²) in [7, 11) is -1.15. The molecule has 0 aliphatic carbocycles. The fourth-order valence-corrected chi connectivity index (χ4v) is 8.79. The monoisotopic (exact) mass is 886 g/mol. The minimum Gasteiger partial charge on any atom is -0.774 e. The normalized spacial score (nSPS) is 14.2. The molecule has 0 radical (unpaired) electrons. The van der Waals surface area contributed by atoms with Gasteiger partial charge < -0.3 is 38.2 Å². The van der Waals surface area contributed by atoms with Crippen molar-refractivity contribution in [2.75, 3.05) is 33.9 Å². The van der Waals surface area contributed by atoms with E-state index in [1.807, 2.05) is 0 Å². The Balaban J connectivity index is 4.53. The van der Waals surface area contributed by atoms with Crippen LogP contribution >= 0.6 is 7.60 Å². The SMILES string of the molecule is CCCCCCCC/C=C\CCCCCCCCCCCC(=O)OC[C@H](COP(=O)([O-])C(C)[N+](C)(C)CCC(O)O)OC(=O)CCCCCCC/C=C\CCCCCCCC. The second kappa shape index (κ2) is 41.2. The molecule has 0 bridgehead atoms. The number of quaternary nitrogens is 1. The smallest absolute Gasteiger partial charge is 0.306 e. The first-order chi connectivity index (χ1) is 29.4. The van der Waals surface area contributed by atoms with Gasteiger partial charge in [0.1, 0.15) is 12.4 Å². The molecule has 0 aromatic rings. The topological polar surface area (TPSA) is 142 Å². The number of carbonyl (C=O) groups excluding carboxylic acids is 2. The third-order valence-corrected chi connectivity index (χ3v) is 13.9. The molecule has 3 atom stereocenters. The number of ether oxygens (including phenoxy) is 2. The van der Waals surface area contributed by atoms with E-state index in [9.17, 15) is 29.3 Å². The summed E-state index contributed by atoms with van der Waals surface area (Å²) in [5.41, 5.74) is 0. The first-order valence-corrected chi connectivity index (χ1v) is 26.8. The summed E-state index contributed by atoms with van der Waals surface area (Å²) in [5.74, 6) is -1.88. The van der Waals surface area contributed by atoms with Crippen molar-refractivity contribution in [1.29, 1.82) is 0 Å². The van der Waals surface area contributed by atoms with E-state index in [-0.39, 0.29) is 36.9 Å². The molecule has 0 aromatic carbocycles. The van der Waals surface area contributed by atoms with Crippen molar-refractivity contribution in [3.8, 4) is 0 Å².